The molecule has 2 heterocycles. The Morgan fingerprint density at radius 2 is 1.69 bits per heavy atom. The van der Waals surface area contributed by atoms with E-state index in [-0.39, 0.29) is 15.7 Å². The molecular weight excluding hydrogens is 374 g/mol. The van der Waals surface area contributed by atoms with Crippen molar-refractivity contribution in [3.8, 4) is 11.1 Å². The Morgan fingerprint density at radius 3 is 2.50 bits per heavy atom. The predicted molar refractivity (Wildman–Crippen MR) is 99.4 cm³/mol. The third-order valence-electron chi connectivity index (χ3n) is 3.79. The molecule has 0 bridgehead atoms. The first-order chi connectivity index (χ1) is 12.5. The first-order valence-corrected chi connectivity index (χ1v) is 9.43. The van der Waals surface area contributed by atoms with Gasteiger partial charge in [0.05, 0.1) is 10.6 Å². The van der Waals surface area contributed by atoms with Gasteiger partial charge in [0.2, 0.25) is 0 Å². The van der Waals surface area contributed by atoms with Crippen molar-refractivity contribution >= 4 is 38.3 Å². The van der Waals surface area contributed by atoms with E-state index in [1.807, 2.05) is 18.2 Å². The van der Waals surface area contributed by atoms with Crippen LogP contribution in [0.15, 0.2) is 65.7 Å². The lowest BCUT2D eigenvalue weighted by Gasteiger charge is -2.11. The maximum absolute atomic E-state index is 12.5. The Morgan fingerprint density at radius 1 is 0.923 bits per heavy atom. The number of benzene rings is 2. The van der Waals surface area contributed by atoms with Gasteiger partial charge in [-0.05, 0) is 35.9 Å². The SMILES string of the molecule is O=S(=O)(Nc1cc(-c2ccc3n[nH]nc3c2)cnc1Cl)c1ccccc1. The van der Waals surface area contributed by atoms with Crippen LogP contribution in [0.5, 0.6) is 0 Å². The van der Waals surface area contributed by atoms with Crippen LogP contribution in [0.1, 0.15) is 0 Å². The molecule has 4 aromatic rings. The van der Waals surface area contributed by atoms with E-state index in [0.29, 0.717) is 11.1 Å². The molecule has 0 fully saturated rings. The number of rotatable bonds is 4. The minimum Gasteiger partial charge on any atom is -0.276 e. The smallest absolute Gasteiger partial charge is 0.261 e. The summed E-state index contributed by atoms with van der Waals surface area (Å²) in [6.45, 7) is 0. The van der Waals surface area contributed by atoms with E-state index in [1.54, 1.807) is 30.5 Å². The van der Waals surface area contributed by atoms with Gasteiger partial charge >= 0.3 is 0 Å². The predicted octanol–water partition coefficient (Wildman–Crippen LogP) is 3.47. The quantitative estimate of drug-likeness (QED) is 0.524. The second-order valence-electron chi connectivity index (χ2n) is 5.51. The average molecular weight is 386 g/mol. The molecule has 0 amide bonds. The van der Waals surface area contributed by atoms with Crippen LogP contribution in [0.2, 0.25) is 5.15 Å². The summed E-state index contributed by atoms with van der Waals surface area (Å²) >= 11 is 6.09. The Hall–Kier alpha value is -2.97. The molecule has 4 rings (SSSR count). The second kappa shape index (κ2) is 6.40. The van der Waals surface area contributed by atoms with Gasteiger partial charge in [-0.15, -0.1) is 0 Å². The zero-order valence-corrected chi connectivity index (χ0v) is 14.8. The fourth-order valence-corrected chi connectivity index (χ4v) is 3.79. The van der Waals surface area contributed by atoms with Crippen molar-refractivity contribution in [1.82, 2.24) is 20.4 Å². The van der Waals surface area contributed by atoms with Crippen molar-refractivity contribution in [3.63, 3.8) is 0 Å². The highest BCUT2D eigenvalue weighted by atomic mass is 35.5. The molecule has 2 aromatic carbocycles. The lowest BCUT2D eigenvalue weighted by molar-refractivity contribution is 0.601. The number of H-pyrrole nitrogens is 1. The Labute approximate surface area is 154 Å². The lowest BCUT2D eigenvalue weighted by Crippen LogP contribution is -2.13. The summed E-state index contributed by atoms with van der Waals surface area (Å²) in [6, 6.07) is 15.2. The molecule has 0 aliphatic carbocycles. The van der Waals surface area contributed by atoms with Crippen LogP contribution in [0, 0.1) is 0 Å². The molecule has 9 heteroatoms. The zero-order chi connectivity index (χ0) is 18.1. The van der Waals surface area contributed by atoms with Crippen LogP contribution in [-0.4, -0.2) is 28.8 Å². The minimum atomic E-state index is -3.76. The Bertz CT molecular complexity index is 1190. The number of nitrogens with zero attached hydrogens (tertiary/aromatic N) is 3. The van der Waals surface area contributed by atoms with Crippen molar-refractivity contribution in [3.05, 3.63) is 65.9 Å². The summed E-state index contributed by atoms with van der Waals surface area (Å²) in [5.74, 6) is 0. The third kappa shape index (κ3) is 3.12. The first kappa shape index (κ1) is 16.5. The minimum absolute atomic E-state index is 0.0655. The molecule has 0 saturated heterocycles. The highest BCUT2D eigenvalue weighted by Gasteiger charge is 2.16. The largest absolute Gasteiger partial charge is 0.276 e. The molecule has 7 nitrogen and oxygen atoms in total. The van der Waals surface area contributed by atoms with Gasteiger partial charge in [0.1, 0.15) is 11.0 Å². The van der Waals surface area contributed by atoms with Gasteiger partial charge in [-0.2, -0.15) is 15.4 Å². The molecule has 0 unspecified atom stereocenters. The second-order valence-corrected chi connectivity index (χ2v) is 7.55. The van der Waals surface area contributed by atoms with Crippen LogP contribution >= 0.6 is 11.6 Å². The zero-order valence-electron chi connectivity index (χ0n) is 13.2. The first-order valence-electron chi connectivity index (χ1n) is 7.57. The summed E-state index contributed by atoms with van der Waals surface area (Å²) in [4.78, 5) is 4.24. The molecule has 0 aliphatic rings. The summed E-state index contributed by atoms with van der Waals surface area (Å²) in [5.41, 5.74) is 3.15. The number of hydrogen-bond acceptors (Lipinski definition) is 5. The number of pyridine rings is 1. The van der Waals surface area contributed by atoms with Gasteiger partial charge in [-0.3, -0.25) is 4.72 Å². The molecular formula is C17H12ClN5O2S. The average Bonchev–Trinajstić information content (AvgIpc) is 3.12. The molecule has 0 atom stereocenters. The summed E-state index contributed by atoms with van der Waals surface area (Å²) in [6.07, 6.45) is 1.57. The number of hydrogen-bond donors (Lipinski definition) is 2. The van der Waals surface area contributed by atoms with E-state index < -0.39 is 10.0 Å². The van der Waals surface area contributed by atoms with Crippen LogP contribution in [0.25, 0.3) is 22.2 Å². The van der Waals surface area contributed by atoms with E-state index in [2.05, 4.69) is 25.1 Å². The van der Waals surface area contributed by atoms with Crippen molar-refractivity contribution in [1.29, 1.82) is 0 Å². The summed E-state index contributed by atoms with van der Waals surface area (Å²) in [5, 5.41) is 10.7. The van der Waals surface area contributed by atoms with Crippen molar-refractivity contribution < 1.29 is 8.42 Å². The van der Waals surface area contributed by atoms with E-state index in [1.165, 1.54) is 12.1 Å². The van der Waals surface area contributed by atoms with E-state index in [9.17, 15) is 8.42 Å². The summed E-state index contributed by atoms with van der Waals surface area (Å²) in [7, 11) is -3.76. The monoisotopic (exact) mass is 385 g/mol. The molecule has 0 aliphatic heterocycles. The van der Waals surface area contributed by atoms with Gasteiger partial charge < -0.3 is 0 Å². The Balaban J connectivity index is 1.72. The summed E-state index contributed by atoms with van der Waals surface area (Å²) < 4.78 is 27.5. The number of nitrogens with one attached hydrogen (secondary N) is 2. The number of anilines is 1. The number of aromatic amines is 1. The topological polar surface area (TPSA) is 101 Å². The molecule has 2 aromatic heterocycles. The number of fused-ring (bicyclic) bond motifs is 1. The van der Waals surface area contributed by atoms with E-state index in [0.717, 1.165) is 11.1 Å². The molecule has 2 N–H and O–H groups in total. The van der Waals surface area contributed by atoms with Gasteiger partial charge in [-0.1, -0.05) is 35.9 Å². The fraction of sp³-hybridized carbons (Fsp3) is 0. The van der Waals surface area contributed by atoms with Gasteiger partial charge in [0.15, 0.2) is 5.15 Å². The van der Waals surface area contributed by atoms with Crippen LogP contribution < -0.4 is 4.72 Å². The number of halogens is 1. The normalized spacial score (nSPS) is 11.6. The van der Waals surface area contributed by atoms with Crippen molar-refractivity contribution in [2.75, 3.05) is 4.72 Å². The molecule has 0 saturated carbocycles. The fourth-order valence-electron chi connectivity index (χ4n) is 2.50. The van der Waals surface area contributed by atoms with E-state index in [4.69, 9.17) is 11.6 Å². The highest BCUT2D eigenvalue weighted by Crippen LogP contribution is 2.29. The van der Waals surface area contributed by atoms with Crippen LogP contribution in [0.4, 0.5) is 5.69 Å². The van der Waals surface area contributed by atoms with Gasteiger partial charge in [0.25, 0.3) is 10.0 Å². The van der Waals surface area contributed by atoms with Crippen molar-refractivity contribution in [2.24, 2.45) is 0 Å². The Kier molecular flexibility index (Phi) is 4.06. The van der Waals surface area contributed by atoms with Crippen molar-refractivity contribution in [2.45, 2.75) is 4.90 Å². The highest BCUT2D eigenvalue weighted by molar-refractivity contribution is 7.92. The number of aromatic nitrogens is 4. The lowest BCUT2D eigenvalue weighted by atomic mass is 10.1. The van der Waals surface area contributed by atoms with Crippen LogP contribution in [0.3, 0.4) is 0 Å². The van der Waals surface area contributed by atoms with Crippen LogP contribution in [-0.2, 0) is 10.0 Å². The van der Waals surface area contributed by atoms with E-state index >= 15 is 0 Å². The molecule has 26 heavy (non-hydrogen) atoms. The molecule has 130 valence electrons. The number of sulfonamides is 1. The van der Waals surface area contributed by atoms with Gasteiger partial charge in [0, 0.05) is 11.8 Å². The maximum Gasteiger partial charge on any atom is 0.261 e. The third-order valence-corrected chi connectivity index (χ3v) is 5.47. The molecule has 0 radical (unpaired) electrons. The standard InChI is InChI=1S/C17H12ClN5O2S/c18-17-16(22-26(24,25)13-4-2-1-3-5-13)9-12(10-19-17)11-6-7-14-15(8-11)21-23-20-14/h1-10,22H,(H,20,21,23). The van der Waals surface area contributed by atoms with Gasteiger partial charge in [-0.25, -0.2) is 13.4 Å². The maximum atomic E-state index is 12.5. The molecule has 0 spiro atoms.